The van der Waals surface area contributed by atoms with E-state index >= 15 is 0 Å². The second-order valence-electron chi connectivity index (χ2n) is 4.53. The van der Waals surface area contributed by atoms with Gasteiger partial charge in [0.15, 0.2) is 0 Å². The molecule has 0 spiro atoms. The maximum Gasteiger partial charge on any atom is 0.223 e. The average molecular weight is 251 g/mol. The Kier molecular flexibility index (Phi) is 4.19. The molecule has 1 aromatic rings. The molecule has 2 unspecified atom stereocenters. The summed E-state index contributed by atoms with van der Waals surface area (Å²) in [6, 6.07) is 1.88. The van der Waals surface area contributed by atoms with Crippen molar-refractivity contribution in [2.24, 2.45) is 5.92 Å². The number of nitrogens with one attached hydrogen (secondary N) is 2. The molecule has 0 aliphatic carbocycles. The molecule has 18 heavy (non-hydrogen) atoms. The molecule has 0 radical (unpaired) electrons. The van der Waals surface area contributed by atoms with Crippen LogP contribution in [-0.4, -0.2) is 35.8 Å². The first-order valence-corrected chi connectivity index (χ1v) is 6.43. The second-order valence-corrected chi connectivity index (χ2v) is 4.53. The first-order chi connectivity index (χ1) is 8.69. The molecule has 0 bridgehead atoms. The molecule has 6 heteroatoms. The Morgan fingerprint density at radius 3 is 2.72 bits per heavy atom. The third-order valence-corrected chi connectivity index (χ3v) is 3.18. The van der Waals surface area contributed by atoms with Crippen molar-refractivity contribution in [1.29, 1.82) is 0 Å². The van der Waals surface area contributed by atoms with Crippen LogP contribution in [0.4, 0.5) is 17.6 Å². The lowest BCUT2D eigenvalue weighted by Crippen LogP contribution is -2.21. The van der Waals surface area contributed by atoms with Gasteiger partial charge >= 0.3 is 0 Å². The lowest BCUT2D eigenvalue weighted by Gasteiger charge is -2.15. The SMILES string of the molecule is CCNc1cc(NCC2CCOC2C)nc(N)n1. The van der Waals surface area contributed by atoms with Gasteiger partial charge in [0.25, 0.3) is 0 Å². The summed E-state index contributed by atoms with van der Waals surface area (Å²) >= 11 is 0. The van der Waals surface area contributed by atoms with Crippen molar-refractivity contribution in [2.45, 2.75) is 26.4 Å². The predicted octanol–water partition coefficient (Wildman–Crippen LogP) is 1.33. The Balaban J connectivity index is 1.95. The summed E-state index contributed by atoms with van der Waals surface area (Å²) in [7, 11) is 0. The van der Waals surface area contributed by atoms with E-state index < -0.39 is 0 Å². The highest BCUT2D eigenvalue weighted by atomic mass is 16.5. The molecule has 100 valence electrons. The topological polar surface area (TPSA) is 85.1 Å². The quantitative estimate of drug-likeness (QED) is 0.732. The van der Waals surface area contributed by atoms with Crippen molar-refractivity contribution in [1.82, 2.24) is 9.97 Å². The van der Waals surface area contributed by atoms with Crippen LogP contribution < -0.4 is 16.4 Å². The van der Waals surface area contributed by atoms with Gasteiger partial charge in [-0.2, -0.15) is 9.97 Å². The lowest BCUT2D eigenvalue weighted by atomic mass is 10.0. The highest BCUT2D eigenvalue weighted by Gasteiger charge is 2.23. The van der Waals surface area contributed by atoms with E-state index in [0.717, 1.165) is 37.8 Å². The van der Waals surface area contributed by atoms with Crippen LogP contribution in [0.1, 0.15) is 20.3 Å². The van der Waals surface area contributed by atoms with Crippen molar-refractivity contribution in [3.63, 3.8) is 0 Å². The van der Waals surface area contributed by atoms with Crippen LogP contribution in [0, 0.1) is 5.92 Å². The monoisotopic (exact) mass is 251 g/mol. The van der Waals surface area contributed by atoms with Gasteiger partial charge in [0.2, 0.25) is 5.95 Å². The van der Waals surface area contributed by atoms with E-state index in [1.54, 1.807) is 0 Å². The van der Waals surface area contributed by atoms with E-state index in [0.29, 0.717) is 12.0 Å². The number of rotatable bonds is 5. The third-order valence-electron chi connectivity index (χ3n) is 3.18. The fourth-order valence-corrected chi connectivity index (χ4v) is 2.11. The minimum atomic E-state index is 0.284. The molecule has 1 aromatic heterocycles. The van der Waals surface area contributed by atoms with Gasteiger partial charge in [0.1, 0.15) is 11.6 Å². The normalized spacial score (nSPS) is 23.0. The van der Waals surface area contributed by atoms with Crippen LogP contribution >= 0.6 is 0 Å². The summed E-state index contributed by atoms with van der Waals surface area (Å²) in [6.45, 7) is 6.63. The van der Waals surface area contributed by atoms with Gasteiger partial charge in [-0.05, 0) is 20.3 Å². The first kappa shape index (κ1) is 12.9. The van der Waals surface area contributed by atoms with E-state index in [2.05, 4.69) is 27.5 Å². The second kappa shape index (κ2) is 5.86. The maximum atomic E-state index is 5.67. The molecule has 6 nitrogen and oxygen atoms in total. The van der Waals surface area contributed by atoms with E-state index in [9.17, 15) is 0 Å². The van der Waals surface area contributed by atoms with Crippen LogP contribution in [-0.2, 0) is 4.74 Å². The molecule has 0 aromatic carbocycles. The zero-order valence-electron chi connectivity index (χ0n) is 10.9. The highest BCUT2D eigenvalue weighted by Crippen LogP contribution is 2.21. The molecule has 1 saturated heterocycles. The largest absolute Gasteiger partial charge is 0.378 e. The number of nitrogen functional groups attached to an aromatic ring is 1. The molecular weight excluding hydrogens is 230 g/mol. The van der Waals surface area contributed by atoms with Crippen molar-refractivity contribution >= 4 is 17.6 Å². The van der Waals surface area contributed by atoms with Crippen LogP contribution in [0.25, 0.3) is 0 Å². The molecule has 1 aliphatic rings. The standard InChI is InChI=1S/C12H21N5O/c1-3-14-10-6-11(17-12(13)16-10)15-7-9-4-5-18-8(9)2/h6,8-9H,3-5,7H2,1-2H3,(H4,13,14,15,16,17). The van der Waals surface area contributed by atoms with E-state index in [1.165, 1.54) is 0 Å². The average Bonchev–Trinajstić information content (AvgIpc) is 2.72. The van der Waals surface area contributed by atoms with Crippen molar-refractivity contribution in [3.8, 4) is 0 Å². The lowest BCUT2D eigenvalue weighted by molar-refractivity contribution is 0.108. The molecule has 0 saturated carbocycles. The minimum absolute atomic E-state index is 0.284. The highest BCUT2D eigenvalue weighted by molar-refractivity contribution is 5.50. The summed E-state index contributed by atoms with van der Waals surface area (Å²) < 4.78 is 5.53. The van der Waals surface area contributed by atoms with Crippen LogP contribution in [0.5, 0.6) is 0 Å². The Bertz CT molecular complexity index is 398. The van der Waals surface area contributed by atoms with Crippen molar-refractivity contribution in [3.05, 3.63) is 6.07 Å². The summed E-state index contributed by atoms with van der Waals surface area (Å²) in [6.07, 6.45) is 1.40. The van der Waals surface area contributed by atoms with E-state index in [-0.39, 0.29) is 5.95 Å². The summed E-state index contributed by atoms with van der Waals surface area (Å²) in [5.41, 5.74) is 5.67. The van der Waals surface area contributed by atoms with Crippen molar-refractivity contribution < 1.29 is 4.74 Å². The molecule has 2 rings (SSSR count). The molecule has 2 heterocycles. The summed E-state index contributed by atoms with van der Waals surface area (Å²) in [5.74, 6) is 2.33. The zero-order chi connectivity index (χ0) is 13.0. The molecule has 2 atom stereocenters. The molecule has 0 amide bonds. The number of hydrogen-bond acceptors (Lipinski definition) is 6. The molecule has 1 fully saturated rings. The smallest absolute Gasteiger partial charge is 0.223 e. The van der Waals surface area contributed by atoms with Gasteiger partial charge in [0.05, 0.1) is 6.10 Å². The number of ether oxygens (including phenoxy) is 1. The van der Waals surface area contributed by atoms with Gasteiger partial charge in [-0.3, -0.25) is 0 Å². The van der Waals surface area contributed by atoms with Crippen LogP contribution in [0.2, 0.25) is 0 Å². The Morgan fingerprint density at radius 1 is 1.39 bits per heavy atom. The zero-order valence-corrected chi connectivity index (χ0v) is 10.9. The van der Waals surface area contributed by atoms with E-state index in [1.807, 2.05) is 13.0 Å². The number of nitrogens with zero attached hydrogens (tertiary/aromatic N) is 2. The van der Waals surface area contributed by atoms with Crippen molar-refractivity contribution in [2.75, 3.05) is 36.1 Å². The fraction of sp³-hybridized carbons (Fsp3) is 0.667. The Hall–Kier alpha value is -1.56. The predicted molar refractivity (Wildman–Crippen MR) is 72.6 cm³/mol. The summed E-state index contributed by atoms with van der Waals surface area (Å²) in [4.78, 5) is 8.29. The molecular formula is C12H21N5O. The fourth-order valence-electron chi connectivity index (χ4n) is 2.11. The minimum Gasteiger partial charge on any atom is -0.378 e. The van der Waals surface area contributed by atoms with Gasteiger partial charge in [-0.1, -0.05) is 0 Å². The Morgan fingerprint density at radius 2 is 2.11 bits per heavy atom. The van der Waals surface area contributed by atoms with E-state index in [4.69, 9.17) is 10.5 Å². The van der Waals surface area contributed by atoms with Gasteiger partial charge in [-0.15, -0.1) is 0 Å². The third kappa shape index (κ3) is 3.22. The van der Waals surface area contributed by atoms with Crippen LogP contribution in [0.3, 0.4) is 0 Å². The van der Waals surface area contributed by atoms with Gasteiger partial charge < -0.3 is 21.1 Å². The van der Waals surface area contributed by atoms with Gasteiger partial charge in [0, 0.05) is 31.7 Å². The maximum absolute atomic E-state index is 5.67. The molecule has 4 N–H and O–H groups in total. The van der Waals surface area contributed by atoms with Crippen LogP contribution in [0.15, 0.2) is 6.07 Å². The number of aromatic nitrogens is 2. The Labute approximate surface area is 107 Å². The molecule has 1 aliphatic heterocycles. The first-order valence-electron chi connectivity index (χ1n) is 6.43. The number of anilines is 3. The number of hydrogen-bond donors (Lipinski definition) is 3. The number of nitrogens with two attached hydrogens (primary N) is 1. The van der Waals surface area contributed by atoms with Gasteiger partial charge in [-0.25, -0.2) is 0 Å². The summed E-state index contributed by atoms with van der Waals surface area (Å²) in [5, 5.41) is 6.44.